The number of hydrogen-bond acceptors (Lipinski definition) is 4. The van der Waals surface area contributed by atoms with E-state index < -0.39 is 16.2 Å². The summed E-state index contributed by atoms with van der Waals surface area (Å²) in [7, 11) is -3.38. The van der Waals surface area contributed by atoms with Crippen LogP contribution in [0.5, 0.6) is 0 Å². The molecule has 0 saturated heterocycles. The molecule has 0 fully saturated rings. The maximum atomic E-state index is 10.6. The lowest BCUT2D eigenvalue weighted by Gasteiger charge is -2.12. The lowest BCUT2D eigenvalue weighted by molar-refractivity contribution is 0.113. The van der Waals surface area contributed by atoms with Gasteiger partial charge in [-0.15, -0.1) is 0 Å². The zero-order valence-electron chi connectivity index (χ0n) is 6.80. The van der Waals surface area contributed by atoms with Gasteiger partial charge in [0.05, 0.1) is 19.0 Å². The SMILES string of the molecule is CS(=O)(=O)OC[C@H]1C=CC[C@H]1O. The van der Waals surface area contributed by atoms with Crippen molar-refractivity contribution in [1.29, 1.82) is 0 Å². The van der Waals surface area contributed by atoms with E-state index in [0.717, 1.165) is 6.26 Å². The highest BCUT2D eigenvalue weighted by atomic mass is 32.2. The Balaban J connectivity index is 2.38. The summed E-state index contributed by atoms with van der Waals surface area (Å²) in [6, 6.07) is 0. The first kappa shape index (κ1) is 9.70. The van der Waals surface area contributed by atoms with Crippen molar-refractivity contribution in [3.8, 4) is 0 Å². The van der Waals surface area contributed by atoms with Crippen molar-refractivity contribution >= 4 is 10.1 Å². The average molecular weight is 192 g/mol. The predicted molar refractivity (Wildman–Crippen MR) is 44.0 cm³/mol. The van der Waals surface area contributed by atoms with Crippen molar-refractivity contribution in [3.05, 3.63) is 12.2 Å². The Labute approximate surface area is 72.0 Å². The standard InChI is InChI=1S/C7H12O4S/c1-12(9,10)11-5-6-3-2-4-7(6)8/h2-3,6-8H,4-5H2,1H3/t6-,7-/m1/s1. The molecule has 0 heterocycles. The summed E-state index contributed by atoms with van der Waals surface area (Å²) in [5.74, 6) is -0.181. The summed E-state index contributed by atoms with van der Waals surface area (Å²) < 4.78 is 25.7. The van der Waals surface area contributed by atoms with Gasteiger partial charge in [-0.05, 0) is 6.42 Å². The summed E-state index contributed by atoms with van der Waals surface area (Å²) in [5.41, 5.74) is 0. The summed E-state index contributed by atoms with van der Waals surface area (Å²) in [6.07, 6.45) is 4.68. The van der Waals surface area contributed by atoms with Crippen LogP contribution in [0.4, 0.5) is 0 Å². The molecule has 0 aliphatic heterocycles. The minimum Gasteiger partial charge on any atom is -0.392 e. The molecule has 70 valence electrons. The second-order valence-electron chi connectivity index (χ2n) is 2.88. The van der Waals surface area contributed by atoms with E-state index in [4.69, 9.17) is 0 Å². The van der Waals surface area contributed by atoms with Crippen LogP contribution in [0.25, 0.3) is 0 Å². The predicted octanol–water partition coefficient (Wildman–Crippen LogP) is -0.100. The van der Waals surface area contributed by atoms with Gasteiger partial charge in [0.2, 0.25) is 0 Å². The topological polar surface area (TPSA) is 63.6 Å². The summed E-state index contributed by atoms with van der Waals surface area (Å²) in [5, 5.41) is 9.25. The van der Waals surface area contributed by atoms with E-state index in [1.807, 2.05) is 6.08 Å². The second kappa shape index (κ2) is 3.55. The van der Waals surface area contributed by atoms with Crippen LogP contribution in [0.1, 0.15) is 6.42 Å². The monoisotopic (exact) mass is 192 g/mol. The van der Waals surface area contributed by atoms with E-state index >= 15 is 0 Å². The normalized spacial score (nSPS) is 29.5. The first-order valence-electron chi connectivity index (χ1n) is 3.68. The molecule has 1 aliphatic carbocycles. The molecule has 0 spiro atoms. The van der Waals surface area contributed by atoms with Gasteiger partial charge in [-0.3, -0.25) is 4.18 Å². The van der Waals surface area contributed by atoms with Crippen LogP contribution in [0.3, 0.4) is 0 Å². The molecule has 0 bridgehead atoms. The number of rotatable bonds is 3. The molecule has 4 nitrogen and oxygen atoms in total. The van der Waals surface area contributed by atoms with Crippen LogP contribution in [-0.2, 0) is 14.3 Å². The van der Waals surface area contributed by atoms with E-state index in [1.165, 1.54) is 0 Å². The van der Waals surface area contributed by atoms with Crippen LogP contribution in [0.2, 0.25) is 0 Å². The number of hydrogen-bond donors (Lipinski definition) is 1. The van der Waals surface area contributed by atoms with Gasteiger partial charge in [-0.2, -0.15) is 8.42 Å². The second-order valence-corrected chi connectivity index (χ2v) is 4.53. The van der Waals surface area contributed by atoms with E-state index in [9.17, 15) is 13.5 Å². The van der Waals surface area contributed by atoms with Gasteiger partial charge < -0.3 is 5.11 Å². The van der Waals surface area contributed by atoms with Crippen LogP contribution in [0, 0.1) is 5.92 Å². The van der Waals surface area contributed by atoms with Crippen molar-refractivity contribution < 1.29 is 17.7 Å². The molecule has 2 atom stereocenters. The Morgan fingerprint density at radius 1 is 1.67 bits per heavy atom. The van der Waals surface area contributed by atoms with Crippen LogP contribution >= 0.6 is 0 Å². The van der Waals surface area contributed by atoms with E-state index in [1.54, 1.807) is 6.08 Å². The first-order chi connectivity index (χ1) is 5.49. The largest absolute Gasteiger partial charge is 0.392 e. The quantitative estimate of drug-likeness (QED) is 0.501. The lowest BCUT2D eigenvalue weighted by atomic mass is 10.1. The van der Waals surface area contributed by atoms with E-state index in [0.29, 0.717) is 6.42 Å². The molecule has 12 heavy (non-hydrogen) atoms. The fourth-order valence-electron chi connectivity index (χ4n) is 1.06. The third-order valence-corrected chi connectivity index (χ3v) is 2.29. The smallest absolute Gasteiger partial charge is 0.264 e. The Morgan fingerprint density at radius 3 is 2.75 bits per heavy atom. The highest BCUT2D eigenvalue weighted by Gasteiger charge is 2.21. The van der Waals surface area contributed by atoms with Crippen LogP contribution in [0.15, 0.2) is 12.2 Å². The molecule has 0 aromatic carbocycles. The van der Waals surface area contributed by atoms with Gasteiger partial charge in [0.25, 0.3) is 10.1 Å². The summed E-state index contributed by atoms with van der Waals surface area (Å²) in [4.78, 5) is 0. The minimum absolute atomic E-state index is 0.0382. The van der Waals surface area contributed by atoms with Gasteiger partial charge in [-0.1, -0.05) is 12.2 Å². The number of aliphatic hydroxyl groups is 1. The molecule has 0 radical (unpaired) electrons. The zero-order valence-corrected chi connectivity index (χ0v) is 7.62. The molecule has 0 aromatic rings. The average Bonchev–Trinajstić information content (AvgIpc) is 2.29. The Bertz CT molecular complexity index is 267. The highest BCUT2D eigenvalue weighted by Crippen LogP contribution is 2.18. The summed E-state index contributed by atoms with van der Waals surface area (Å²) in [6.45, 7) is 0.0382. The third kappa shape index (κ3) is 2.92. The third-order valence-electron chi connectivity index (χ3n) is 1.73. The van der Waals surface area contributed by atoms with Gasteiger partial charge >= 0.3 is 0 Å². The molecular weight excluding hydrogens is 180 g/mol. The molecular formula is C7H12O4S. The van der Waals surface area contributed by atoms with Gasteiger partial charge in [-0.25, -0.2) is 0 Å². The Kier molecular flexibility index (Phi) is 2.87. The molecule has 1 N–H and O–H groups in total. The maximum Gasteiger partial charge on any atom is 0.264 e. The molecule has 0 aromatic heterocycles. The van der Waals surface area contributed by atoms with Crippen molar-refractivity contribution in [3.63, 3.8) is 0 Å². The molecule has 1 rings (SSSR count). The zero-order chi connectivity index (χ0) is 9.19. The first-order valence-corrected chi connectivity index (χ1v) is 5.50. The lowest BCUT2D eigenvalue weighted by Crippen LogP contribution is -2.20. The number of aliphatic hydroxyl groups excluding tert-OH is 1. The fourth-order valence-corrected chi connectivity index (χ4v) is 1.47. The van der Waals surface area contributed by atoms with Gasteiger partial charge in [0, 0.05) is 5.92 Å². The van der Waals surface area contributed by atoms with Gasteiger partial charge in [0.1, 0.15) is 0 Å². The summed E-state index contributed by atoms with van der Waals surface area (Å²) >= 11 is 0. The fraction of sp³-hybridized carbons (Fsp3) is 0.714. The van der Waals surface area contributed by atoms with Crippen molar-refractivity contribution in [2.45, 2.75) is 12.5 Å². The molecule has 5 heteroatoms. The van der Waals surface area contributed by atoms with Crippen LogP contribution < -0.4 is 0 Å². The Morgan fingerprint density at radius 2 is 2.33 bits per heavy atom. The Hall–Kier alpha value is -0.390. The van der Waals surface area contributed by atoms with E-state index in [2.05, 4.69) is 4.18 Å². The van der Waals surface area contributed by atoms with Crippen molar-refractivity contribution in [2.24, 2.45) is 5.92 Å². The highest BCUT2D eigenvalue weighted by molar-refractivity contribution is 7.85. The van der Waals surface area contributed by atoms with Crippen molar-refractivity contribution in [2.75, 3.05) is 12.9 Å². The maximum absolute atomic E-state index is 10.6. The van der Waals surface area contributed by atoms with Crippen molar-refractivity contribution in [1.82, 2.24) is 0 Å². The van der Waals surface area contributed by atoms with Crippen LogP contribution in [-0.4, -0.2) is 32.5 Å². The molecule has 0 saturated carbocycles. The molecule has 0 amide bonds. The minimum atomic E-state index is -3.38. The van der Waals surface area contributed by atoms with Gasteiger partial charge in [0.15, 0.2) is 0 Å². The molecule has 1 aliphatic rings. The molecule has 0 unspecified atom stereocenters. The van der Waals surface area contributed by atoms with E-state index in [-0.39, 0.29) is 12.5 Å².